The van der Waals surface area contributed by atoms with Crippen LogP contribution in [0, 0.1) is 0 Å². The van der Waals surface area contributed by atoms with Crippen molar-refractivity contribution in [2.24, 2.45) is 7.05 Å². The van der Waals surface area contributed by atoms with Crippen LogP contribution >= 0.6 is 39.1 Å². The zero-order valence-corrected chi connectivity index (χ0v) is 13.7. The highest BCUT2D eigenvalue weighted by Gasteiger charge is 2.20. The van der Waals surface area contributed by atoms with Crippen LogP contribution in [-0.4, -0.2) is 16.3 Å². The van der Waals surface area contributed by atoms with Gasteiger partial charge < -0.3 is 5.32 Å². The van der Waals surface area contributed by atoms with Crippen LogP contribution in [0.25, 0.3) is 0 Å². The molecule has 1 aromatic heterocycles. The van der Waals surface area contributed by atoms with E-state index in [4.69, 9.17) is 23.2 Å². The van der Waals surface area contributed by atoms with Gasteiger partial charge in [-0.05, 0) is 30.3 Å². The van der Waals surface area contributed by atoms with Crippen LogP contribution < -0.4 is 5.32 Å². The minimum Gasteiger partial charge on any atom is -0.305 e. The fourth-order valence-electron chi connectivity index (χ4n) is 2.06. The molecule has 0 spiro atoms. The number of nitrogens with one attached hydrogen (secondary N) is 1. The summed E-state index contributed by atoms with van der Waals surface area (Å²) in [4.78, 5) is 0. The van der Waals surface area contributed by atoms with Gasteiger partial charge in [-0.25, -0.2) is 0 Å². The van der Waals surface area contributed by atoms with E-state index in [0.717, 1.165) is 22.3 Å². The number of benzene rings is 1. The van der Waals surface area contributed by atoms with Crippen LogP contribution in [0.5, 0.6) is 0 Å². The van der Waals surface area contributed by atoms with Gasteiger partial charge in [0.25, 0.3) is 0 Å². The predicted octanol–water partition coefficient (Wildman–Crippen LogP) is 4.19. The van der Waals surface area contributed by atoms with Gasteiger partial charge in [0.15, 0.2) is 0 Å². The van der Waals surface area contributed by atoms with Crippen molar-refractivity contribution in [3.05, 3.63) is 50.2 Å². The lowest BCUT2D eigenvalue weighted by Gasteiger charge is -2.20. The molecule has 1 atom stereocenters. The summed E-state index contributed by atoms with van der Waals surface area (Å²) in [6.45, 7) is 2.87. The smallest absolute Gasteiger partial charge is 0.0837 e. The average molecular weight is 363 g/mol. The second-order valence-corrected chi connectivity index (χ2v) is 5.95. The minimum absolute atomic E-state index is 0.0417. The van der Waals surface area contributed by atoms with Gasteiger partial charge in [0, 0.05) is 16.5 Å². The predicted molar refractivity (Wildman–Crippen MR) is 82.9 cm³/mol. The highest BCUT2D eigenvalue weighted by Crippen LogP contribution is 2.31. The molecule has 0 radical (unpaired) electrons. The molecule has 1 N–H and O–H groups in total. The summed E-state index contributed by atoms with van der Waals surface area (Å²) in [7, 11) is 1.88. The highest BCUT2D eigenvalue weighted by atomic mass is 79.9. The summed E-state index contributed by atoms with van der Waals surface area (Å²) in [6.07, 6.45) is 1.65. The lowest BCUT2D eigenvalue weighted by atomic mass is 10.0. The van der Waals surface area contributed by atoms with Gasteiger partial charge in [0.2, 0.25) is 0 Å². The molecular weight excluding hydrogens is 349 g/mol. The molecule has 19 heavy (non-hydrogen) atoms. The molecule has 6 heteroatoms. The molecule has 1 unspecified atom stereocenters. The average Bonchev–Trinajstić information content (AvgIpc) is 2.65. The first-order chi connectivity index (χ1) is 9.02. The third kappa shape index (κ3) is 3.31. The number of nitrogens with zero attached hydrogens (tertiary/aromatic N) is 2. The number of aryl methyl sites for hydroxylation is 1. The van der Waals surface area contributed by atoms with Crippen LogP contribution in [-0.2, 0) is 7.05 Å². The molecule has 1 aromatic carbocycles. The number of halogens is 3. The van der Waals surface area contributed by atoms with Gasteiger partial charge in [-0.1, -0.05) is 46.1 Å². The molecule has 2 rings (SSSR count). The van der Waals surface area contributed by atoms with E-state index < -0.39 is 0 Å². The van der Waals surface area contributed by atoms with Crippen LogP contribution in [0.2, 0.25) is 10.0 Å². The molecule has 0 aliphatic heterocycles. The van der Waals surface area contributed by atoms with Crippen molar-refractivity contribution in [1.29, 1.82) is 0 Å². The van der Waals surface area contributed by atoms with Crippen molar-refractivity contribution in [2.45, 2.75) is 13.0 Å². The molecule has 2 aromatic rings. The molecule has 0 saturated heterocycles. The summed E-state index contributed by atoms with van der Waals surface area (Å²) in [6, 6.07) is 5.78. The Kier molecular flexibility index (Phi) is 4.90. The third-order valence-electron chi connectivity index (χ3n) is 2.84. The number of hydrogen-bond donors (Lipinski definition) is 1. The molecule has 0 aliphatic carbocycles. The van der Waals surface area contributed by atoms with Crippen molar-refractivity contribution >= 4 is 39.1 Å². The van der Waals surface area contributed by atoms with E-state index in [0.29, 0.717) is 10.0 Å². The van der Waals surface area contributed by atoms with Crippen molar-refractivity contribution in [2.75, 3.05) is 6.54 Å². The fourth-order valence-corrected chi connectivity index (χ4v) is 3.22. The number of hydrogen-bond acceptors (Lipinski definition) is 2. The largest absolute Gasteiger partial charge is 0.305 e. The molecule has 0 aliphatic rings. The SMILES string of the molecule is CCNC(c1cc(Cl)cc(Br)c1)c1c(Cl)cnn1C. The molecule has 3 nitrogen and oxygen atoms in total. The van der Waals surface area contributed by atoms with Crippen molar-refractivity contribution < 1.29 is 0 Å². The summed E-state index contributed by atoms with van der Waals surface area (Å²) in [5.74, 6) is 0. The molecule has 0 bridgehead atoms. The Morgan fingerprint density at radius 3 is 2.63 bits per heavy atom. The van der Waals surface area contributed by atoms with Gasteiger partial charge >= 0.3 is 0 Å². The first-order valence-corrected chi connectivity index (χ1v) is 7.44. The van der Waals surface area contributed by atoms with Crippen LogP contribution in [0.4, 0.5) is 0 Å². The van der Waals surface area contributed by atoms with Gasteiger partial charge in [0.05, 0.1) is 23.0 Å². The zero-order valence-electron chi connectivity index (χ0n) is 10.6. The van der Waals surface area contributed by atoms with Crippen LogP contribution in [0.15, 0.2) is 28.9 Å². The van der Waals surface area contributed by atoms with E-state index >= 15 is 0 Å². The Morgan fingerprint density at radius 1 is 1.37 bits per heavy atom. The highest BCUT2D eigenvalue weighted by molar-refractivity contribution is 9.10. The molecular formula is C13H14BrCl2N3. The van der Waals surface area contributed by atoms with Gasteiger partial charge in [-0.3, -0.25) is 4.68 Å². The molecule has 0 fully saturated rings. The molecule has 1 heterocycles. The Balaban J connectivity index is 2.51. The Labute approximate surface area is 131 Å². The van der Waals surface area contributed by atoms with Crippen molar-refractivity contribution in [3.63, 3.8) is 0 Å². The van der Waals surface area contributed by atoms with Crippen LogP contribution in [0.1, 0.15) is 24.2 Å². The summed E-state index contributed by atoms with van der Waals surface area (Å²) in [5, 5.41) is 8.93. The van der Waals surface area contributed by atoms with Gasteiger partial charge in [0.1, 0.15) is 0 Å². The third-order valence-corrected chi connectivity index (χ3v) is 3.80. The lowest BCUT2D eigenvalue weighted by Crippen LogP contribution is -2.24. The topological polar surface area (TPSA) is 29.9 Å². The lowest BCUT2D eigenvalue weighted by molar-refractivity contribution is 0.572. The first kappa shape index (κ1) is 14.9. The second kappa shape index (κ2) is 6.27. The van der Waals surface area contributed by atoms with Gasteiger partial charge in [-0.2, -0.15) is 5.10 Å². The van der Waals surface area contributed by atoms with E-state index in [1.807, 2.05) is 25.2 Å². The summed E-state index contributed by atoms with van der Waals surface area (Å²) < 4.78 is 2.72. The van der Waals surface area contributed by atoms with Gasteiger partial charge in [-0.15, -0.1) is 0 Å². The first-order valence-electron chi connectivity index (χ1n) is 5.89. The van der Waals surface area contributed by atoms with E-state index in [-0.39, 0.29) is 6.04 Å². The Bertz CT molecular complexity index is 544. The maximum atomic E-state index is 6.24. The van der Waals surface area contributed by atoms with Crippen molar-refractivity contribution in [1.82, 2.24) is 15.1 Å². The van der Waals surface area contributed by atoms with E-state index in [9.17, 15) is 0 Å². The fraction of sp³-hybridized carbons (Fsp3) is 0.308. The Hall–Kier alpha value is -0.550. The number of rotatable bonds is 4. The maximum absolute atomic E-state index is 6.24. The zero-order chi connectivity index (χ0) is 14.0. The summed E-state index contributed by atoms with van der Waals surface area (Å²) >= 11 is 15.8. The quantitative estimate of drug-likeness (QED) is 0.883. The maximum Gasteiger partial charge on any atom is 0.0837 e. The minimum atomic E-state index is -0.0417. The Morgan fingerprint density at radius 2 is 2.11 bits per heavy atom. The van der Waals surface area contributed by atoms with E-state index in [1.165, 1.54) is 0 Å². The summed E-state index contributed by atoms with van der Waals surface area (Å²) in [5.41, 5.74) is 1.98. The standard InChI is InChI=1S/C13H14BrCl2N3/c1-3-17-12(13-11(16)7-18-19(13)2)8-4-9(14)6-10(15)5-8/h4-7,12,17H,3H2,1-2H3. The van der Waals surface area contributed by atoms with Crippen molar-refractivity contribution in [3.8, 4) is 0 Å². The monoisotopic (exact) mass is 361 g/mol. The molecule has 0 saturated carbocycles. The second-order valence-electron chi connectivity index (χ2n) is 4.19. The number of aromatic nitrogens is 2. The van der Waals surface area contributed by atoms with Crippen LogP contribution in [0.3, 0.4) is 0 Å². The van der Waals surface area contributed by atoms with E-state index in [1.54, 1.807) is 10.9 Å². The van der Waals surface area contributed by atoms with E-state index in [2.05, 4.69) is 33.3 Å². The normalized spacial score (nSPS) is 12.7. The molecule has 0 amide bonds. The molecule has 102 valence electrons.